The van der Waals surface area contributed by atoms with E-state index in [2.05, 4.69) is 33.0 Å². The van der Waals surface area contributed by atoms with E-state index in [9.17, 15) is 0 Å². The number of hydrogen-bond acceptors (Lipinski definition) is 2. The summed E-state index contributed by atoms with van der Waals surface area (Å²) in [6.45, 7) is 10.9. The summed E-state index contributed by atoms with van der Waals surface area (Å²) in [5.74, 6) is 0. The Labute approximate surface area is 128 Å². The fourth-order valence-electron chi connectivity index (χ4n) is 2.79. The molecule has 0 aromatic carbocycles. The first-order chi connectivity index (χ1) is 9.79. The summed E-state index contributed by atoms with van der Waals surface area (Å²) in [6, 6.07) is 0.557. The van der Waals surface area contributed by atoms with Gasteiger partial charge in [-0.3, -0.25) is 0 Å². The van der Waals surface area contributed by atoms with Crippen molar-refractivity contribution in [1.82, 2.24) is 5.32 Å². The van der Waals surface area contributed by atoms with Gasteiger partial charge in [-0.2, -0.15) is 0 Å². The average molecular weight is 286 g/mol. The Morgan fingerprint density at radius 3 is 2.05 bits per heavy atom. The van der Waals surface area contributed by atoms with E-state index in [-0.39, 0.29) is 0 Å². The molecule has 1 N–H and O–H groups in total. The van der Waals surface area contributed by atoms with Crippen LogP contribution >= 0.6 is 0 Å². The molecule has 0 saturated carbocycles. The number of rotatable bonds is 15. The zero-order chi connectivity index (χ0) is 15.1. The highest BCUT2D eigenvalue weighted by molar-refractivity contribution is 4.77. The van der Waals surface area contributed by atoms with Crippen LogP contribution in [0.1, 0.15) is 91.9 Å². The maximum Gasteiger partial charge on any atom is 0.0727 e. The summed E-state index contributed by atoms with van der Waals surface area (Å²) in [5.41, 5.74) is 0. The molecule has 0 aromatic heterocycles. The lowest BCUT2D eigenvalue weighted by atomic mass is 9.98. The number of nitrogens with one attached hydrogen (secondary N) is 1. The molecule has 2 unspecified atom stereocenters. The Bertz CT molecular complexity index is 178. The van der Waals surface area contributed by atoms with Crippen LogP contribution in [0.25, 0.3) is 0 Å². The van der Waals surface area contributed by atoms with Gasteiger partial charge in [-0.05, 0) is 32.7 Å². The second-order valence-corrected chi connectivity index (χ2v) is 5.90. The van der Waals surface area contributed by atoms with Gasteiger partial charge in [0.15, 0.2) is 0 Å². The maximum atomic E-state index is 5.97. The van der Waals surface area contributed by atoms with E-state index in [1.54, 1.807) is 0 Å². The molecule has 0 aromatic rings. The Balaban J connectivity index is 4.03. The molecular formula is C18H39NO. The zero-order valence-electron chi connectivity index (χ0n) is 14.5. The highest BCUT2D eigenvalue weighted by atomic mass is 16.5. The Hall–Kier alpha value is -0.0800. The molecule has 0 aliphatic rings. The van der Waals surface area contributed by atoms with E-state index in [0.29, 0.717) is 12.1 Å². The van der Waals surface area contributed by atoms with Crippen LogP contribution in [0.2, 0.25) is 0 Å². The van der Waals surface area contributed by atoms with Gasteiger partial charge in [-0.1, -0.05) is 65.7 Å². The number of hydrogen-bond donors (Lipinski definition) is 1. The largest absolute Gasteiger partial charge is 0.377 e. The monoisotopic (exact) mass is 285 g/mol. The molecule has 0 radical (unpaired) electrons. The van der Waals surface area contributed by atoms with Crippen molar-refractivity contribution in [2.24, 2.45) is 0 Å². The molecule has 0 fully saturated rings. The second kappa shape index (κ2) is 15.3. The van der Waals surface area contributed by atoms with Crippen molar-refractivity contribution >= 4 is 0 Å². The highest BCUT2D eigenvalue weighted by Gasteiger charge is 2.19. The van der Waals surface area contributed by atoms with Gasteiger partial charge >= 0.3 is 0 Å². The average Bonchev–Trinajstić information content (AvgIpc) is 2.45. The summed E-state index contributed by atoms with van der Waals surface area (Å²) >= 11 is 0. The Morgan fingerprint density at radius 1 is 0.750 bits per heavy atom. The predicted octanol–water partition coefficient (Wildman–Crippen LogP) is 5.31. The summed E-state index contributed by atoms with van der Waals surface area (Å²) in [6.07, 6.45) is 13.6. The first-order valence-electron chi connectivity index (χ1n) is 9.14. The van der Waals surface area contributed by atoms with Crippen LogP contribution < -0.4 is 5.32 Å². The summed E-state index contributed by atoms with van der Waals surface area (Å²) in [5, 5.41) is 3.72. The van der Waals surface area contributed by atoms with Crippen LogP contribution in [-0.4, -0.2) is 25.3 Å². The van der Waals surface area contributed by atoms with Crippen molar-refractivity contribution in [2.45, 2.75) is 104 Å². The highest BCUT2D eigenvalue weighted by Crippen LogP contribution is 2.15. The minimum absolute atomic E-state index is 0.409. The molecule has 0 saturated heterocycles. The van der Waals surface area contributed by atoms with Crippen molar-refractivity contribution in [1.29, 1.82) is 0 Å². The van der Waals surface area contributed by atoms with Gasteiger partial charge in [0.2, 0.25) is 0 Å². The van der Waals surface area contributed by atoms with Crippen LogP contribution in [0.15, 0.2) is 0 Å². The topological polar surface area (TPSA) is 21.3 Å². The van der Waals surface area contributed by atoms with Crippen LogP contribution in [0.4, 0.5) is 0 Å². The molecule has 0 amide bonds. The minimum Gasteiger partial charge on any atom is -0.377 e. The molecule has 0 heterocycles. The van der Waals surface area contributed by atoms with Gasteiger partial charge in [0.25, 0.3) is 0 Å². The SMILES string of the molecule is CCCCCCCCC(NCCC)C(CCC)OCC. The van der Waals surface area contributed by atoms with Crippen molar-refractivity contribution < 1.29 is 4.74 Å². The first kappa shape index (κ1) is 19.9. The van der Waals surface area contributed by atoms with Crippen molar-refractivity contribution in [3.8, 4) is 0 Å². The maximum absolute atomic E-state index is 5.97. The normalized spacial score (nSPS) is 14.4. The van der Waals surface area contributed by atoms with Crippen molar-refractivity contribution in [2.75, 3.05) is 13.2 Å². The molecule has 0 rings (SSSR count). The molecule has 122 valence electrons. The Kier molecular flexibility index (Phi) is 15.3. The number of unbranched alkanes of at least 4 members (excludes halogenated alkanes) is 5. The fourth-order valence-corrected chi connectivity index (χ4v) is 2.79. The summed E-state index contributed by atoms with van der Waals surface area (Å²) in [4.78, 5) is 0. The molecule has 0 aliphatic carbocycles. The minimum atomic E-state index is 0.409. The third-order valence-electron chi connectivity index (χ3n) is 3.93. The van der Waals surface area contributed by atoms with E-state index in [0.717, 1.165) is 13.2 Å². The molecule has 2 heteroatoms. The van der Waals surface area contributed by atoms with Crippen molar-refractivity contribution in [3.63, 3.8) is 0 Å². The first-order valence-corrected chi connectivity index (χ1v) is 9.14. The van der Waals surface area contributed by atoms with Crippen LogP contribution in [0.5, 0.6) is 0 Å². The van der Waals surface area contributed by atoms with Crippen LogP contribution in [0, 0.1) is 0 Å². The zero-order valence-corrected chi connectivity index (χ0v) is 14.5. The standard InChI is InChI=1S/C18H39NO/c1-5-9-10-11-12-13-15-17(19-16-7-3)18(14-6-2)20-8-4/h17-19H,5-16H2,1-4H3. The molecule has 0 bridgehead atoms. The van der Waals surface area contributed by atoms with E-state index in [1.165, 1.54) is 64.2 Å². The molecule has 0 aliphatic heterocycles. The van der Waals surface area contributed by atoms with E-state index in [1.807, 2.05) is 0 Å². The summed E-state index contributed by atoms with van der Waals surface area (Å²) in [7, 11) is 0. The van der Waals surface area contributed by atoms with E-state index >= 15 is 0 Å². The second-order valence-electron chi connectivity index (χ2n) is 5.90. The fraction of sp³-hybridized carbons (Fsp3) is 1.00. The molecule has 20 heavy (non-hydrogen) atoms. The smallest absolute Gasteiger partial charge is 0.0727 e. The van der Waals surface area contributed by atoms with E-state index in [4.69, 9.17) is 4.74 Å². The quantitative estimate of drug-likeness (QED) is 0.412. The molecule has 2 atom stereocenters. The predicted molar refractivity (Wildman–Crippen MR) is 90.4 cm³/mol. The van der Waals surface area contributed by atoms with Gasteiger partial charge in [-0.15, -0.1) is 0 Å². The molecular weight excluding hydrogens is 246 g/mol. The Morgan fingerprint density at radius 2 is 1.45 bits per heavy atom. The lowest BCUT2D eigenvalue weighted by molar-refractivity contribution is 0.0253. The van der Waals surface area contributed by atoms with E-state index < -0.39 is 0 Å². The van der Waals surface area contributed by atoms with Crippen LogP contribution in [-0.2, 0) is 4.74 Å². The van der Waals surface area contributed by atoms with Gasteiger partial charge in [0, 0.05) is 12.6 Å². The third-order valence-corrected chi connectivity index (χ3v) is 3.93. The number of ether oxygens (including phenoxy) is 1. The third kappa shape index (κ3) is 10.7. The van der Waals surface area contributed by atoms with Crippen LogP contribution in [0.3, 0.4) is 0 Å². The lowest BCUT2D eigenvalue weighted by Gasteiger charge is -2.28. The van der Waals surface area contributed by atoms with Crippen molar-refractivity contribution in [3.05, 3.63) is 0 Å². The van der Waals surface area contributed by atoms with Gasteiger partial charge in [0.1, 0.15) is 0 Å². The van der Waals surface area contributed by atoms with Gasteiger partial charge in [0.05, 0.1) is 6.10 Å². The molecule has 0 spiro atoms. The lowest BCUT2D eigenvalue weighted by Crippen LogP contribution is -2.41. The van der Waals surface area contributed by atoms with Gasteiger partial charge < -0.3 is 10.1 Å². The van der Waals surface area contributed by atoms with Gasteiger partial charge in [-0.25, -0.2) is 0 Å². The molecule has 2 nitrogen and oxygen atoms in total. The summed E-state index contributed by atoms with van der Waals surface area (Å²) < 4.78 is 5.97.